The number of nitrogens with one attached hydrogen (secondary N) is 2. The number of piperidine rings is 1. The van der Waals surface area contributed by atoms with Crippen LogP contribution in [0.1, 0.15) is 29.8 Å². The van der Waals surface area contributed by atoms with Gasteiger partial charge in [-0.25, -0.2) is 13.1 Å². The third-order valence-electron chi connectivity index (χ3n) is 4.58. The van der Waals surface area contributed by atoms with Crippen LogP contribution >= 0.6 is 0 Å². The van der Waals surface area contributed by atoms with E-state index in [1.165, 1.54) is 18.4 Å². The van der Waals surface area contributed by atoms with Crippen LogP contribution in [0.2, 0.25) is 0 Å². The van der Waals surface area contributed by atoms with Crippen LogP contribution in [-0.2, 0) is 14.8 Å². The molecule has 0 radical (unpaired) electrons. The molecule has 1 aliphatic rings. The number of likely N-dealkylation sites (tertiary alicyclic amines) is 1. The molecule has 0 atom stereocenters. The van der Waals surface area contributed by atoms with E-state index in [0.29, 0.717) is 31.7 Å². The van der Waals surface area contributed by atoms with Crippen LogP contribution in [0.15, 0.2) is 58.0 Å². The van der Waals surface area contributed by atoms with Gasteiger partial charge in [0, 0.05) is 32.1 Å². The minimum absolute atomic E-state index is 0.0267. The molecule has 28 heavy (non-hydrogen) atoms. The molecule has 3 rings (SSSR count). The number of hydrogen-bond donors (Lipinski definition) is 2. The summed E-state index contributed by atoms with van der Waals surface area (Å²) in [6, 6.07) is 11.3. The first-order valence-corrected chi connectivity index (χ1v) is 10.6. The van der Waals surface area contributed by atoms with Gasteiger partial charge < -0.3 is 14.6 Å². The van der Waals surface area contributed by atoms with E-state index in [2.05, 4.69) is 10.0 Å². The van der Waals surface area contributed by atoms with Crippen molar-refractivity contribution in [3.8, 4) is 0 Å². The molecule has 9 heteroatoms. The molecule has 1 aromatic heterocycles. The molecule has 0 spiro atoms. The van der Waals surface area contributed by atoms with Gasteiger partial charge in [0.05, 0.1) is 11.2 Å². The summed E-state index contributed by atoms with van der Waals surface area (Å²) in [7, 11) is -3.61. The highest BCUT2D eigenvalue weighted by molar-refractivity contribution is 7.89. The lowest BCUT2D eigenvalue weighted by molar-refractivity contribution is -0.121. The smallest absolute Gasteiger partial charge is 0.289 e. The predicted molar refractivity (Wildman–Crippen MR) is 102 cm³/mol. The molecule has 150 valence electrons. The fourth-order valence-electron chi connectivity index (χ4n) is 3.06. The minimum Gasteiger partial charge on any atom is -0.459 e. The van der Waals surface area contributed by atoms with Gasteiger partial charge in [-0.1, -0.05) is 18.2 Å². The van der Waals surface area contributed by atoms with Crippen LogP contribution in [0.25, 0.3) is 0 Å². The van der Waals surface area contributed by atoms with Gasteiger partial charge >= 0.3 is 0 Å². The van der Waals surface area contributed by atoms with Crippen molar-refractivity contribution in [3.05, 3.63) is 54.5 Å². The topological polar surface area (TPSA) is 109 Å². The Bertz CT molecular complexity index is 889. The summed E-state index contributed by atoms with van der Waals surface area (Å²) in [6.07, 6.45) is 2.81. The highest BCUT2D eigenvalue weighted by Gasteiger charge is 2.25. The Morgan fingerprint density at radius 3 is 2.43 bits per heavy atom. The zero-order chi connectivity index (χ0) is 20.0. The maximum atomic E-state index is 12.2. The molecule has 0 saturated carbocycles. The maximum absolute atomic E-state index is 12.2. The predicted octanol–water partition coefficient (Wildman–Crippen LogP) is 1.37. The van der Waals surface area contributed by atoms with Crippen LogP contribution in [0.4, 0.5) is 0 Å². The van der Waals surface area contributed by atoms with Crippen LogP contribution in [0, 0.1) is 0 Å². The summed E-state index contributed by atoms with van der Waals surface area (Å²) in [5.41, 5.74) is 0. The molecule has 0 unspecified atom stereocenters. The van der Waals surface area contributed by atoms with Gasteiger partial charge in [-0.05, 0) is 37.1 Å². The van der Waals surface area contributed by atoms with Crippen LogP contribution < -0.4 is 10.0 Å². The van der Waals surface area contributed by atoms with E-state index >= 15 is 0 Å². The van der Waals surface area contributed by atoms with Gasteiger partial charge in [-0.2, -0.15) is 0 Å². The summed E-state index contributed by atoms with van der Waals surface area (Å²) in [6.45, 7) is 1.09. The second kappa shape index (κ2) is 9.03. The fourth-order valence-corrected chi connectivity index (χ4v) is 4.12. The van der Waals surface area contributed by atoms with E-state index in [9.17, 15) is 18.0 Å². The molecule has 1 saturated heterocycles. The monoisotopic (exact) mass is 405 g/mol. The van der Waals surface area contributed by atoms with Crippen molar-refractivity contribution in [2.45, 2.75) is 30.2 Å². The van der Waals surface area contributed by atoms with E-state index in [1.807, 2.05) is 0 Å². The average molecular weight is 405 g/mol. The highest BCUT2D eigenvalue weighted by atomic mass is 32.2. The van der Waals surface area contributed by atoms with Gasteiger partial charge in [0.1, 0.15) is 0 Å². The Kier molecular flexibility index (Phi) is 6.48. The maximum Gasteiger partial charge on any atom is 0.289 e. The number of carbonyl (C=O) groups excluding carboxylic acids is 2. The number of benzene rings is 1. The number of hydrogen-bond acceptors (Lipinski definition) is 5. The minimum atomic E-state index is -3.61. The molecular weight excluding hydrogens is 382 g/mol. The van der Waals surface area contributed by atoms with Crippen molar-refractivity contribution in [1.29, 1.82) is 0 Å². The van der Waals surface area contributed by atoms with E-state index in [1.54, 1.807) is 35.2 Å². The third kappa shape index (κ3) is 5.20. The van der Waals surface area contributed by atoms with Gasteiger partial charge in [-0.3, -0.25) is 9.59 Å². The molecule has 1 aromatic carbocycles. The summed E-state index contributed by atoms with van der Waals surface area (Å²) >= 11 is 0. The summed E-state index contributed by atoms with van der Waals surface area (Å²) in [5, 5.41) is 2.90. The molecule has 2 heterocycles. The Morgan fingerprint density at radius 1 is 1.07 bits per heavy atom. The van der Waals surface area contributed by atoms with Crippen molar-refractivity contribution >= 4 is 21.8 Å². The number of nitrogens with zero attached hydrogens (tertiary/aromatic N) is 1. The number of furan rings is 1. The molecule has 1 fully saturated rings. The lowest BCUT2D eigenvalue weighted by Gasteiger charge is -2.31. The van der Waals surface area contributed by atoms with Gasteiger partial charge in [-0.15, -0.1) is 0 Å². The Labute approximate surface area is 164 Å². The lowest BCUT2D eigenvalue weighted by atomic mass is 10.0. The first kappa shape index (κ1) is 20.1. The summed E-state index contributed by atoms with van der Waals surface area (Å²) in [4.78, 5) is 26.2. The highest BCUT2D eigenvalue weighted by Crippen LogP contribution is 2.14. The number of amides is 2. The molecule has 2 aromatic rings. The van der Waals surface area contributed by atoms with Crippen LogP contribution in [-0.4, -0.2) is 50.8 Å². The molecule has 0 bridgehead atoms. The van der Waals surface area contributed by atoms with Crippen molar-refractivity contribution in [2.24, 2.45) is 0 Å². The number of sulfonamides is 1. The number of rotatable bonds is 7. The second-order valence-electron chi connectivity index (χ2n) is 6.57. The van der Waals surface area contributed by atoms with Crippen molar-refractivity contribution < 1.29 is 22.4 Å². The molecule has 8 nitrogen and oxygen atoms in total. The van der Waals surface area contributed by atoms with Crippen LogP contribution in [0.5, 0.6) is 0 Å². The van der Waals surface area contributed by atoms with Crippen molar-refractivity contribution in [3.63, 3.8) is 0 Å². The van der Waals surface area contributed by atoms with Crippen molar-refractivity contribution in [2.75, 3.05) is 19.6 Å². The average Bonchev–Trinajstić information content (AvgIpc) is 3.23. The SMILES string of the molecule is O=C(CCNS(=O)(=O)c1ccccc1)NC1CCN(C(=O)c2ccco2)CC1. The van der Waals surface area contributed by atoms with E-state index in [4.69, 9.17) is 4.42 Å². The lowest BCUT2D eigenvalue weighted by Crippen LogP contribution is -2.46. The largest absolute Gasteiger partial charge is 0.459 e. The first-order chi connectivity index (χ1) is 13.5. The van der Waals surface area contributed by atoms with Gasteiger partial charge in [0.2, 0.25) is 15.9 Å². The third-order valence-corrected chi connectivity index (χ3v) is 6.05. The summed E-state index contributed by atoms with van der Waals surface area (Å²) in [5.74, 6) is -0.0511. The van der Waals surface area contributed by atoms with Crippen molar-refractivity contribution in [1.82, 2.24) is 14.9 Å². The quantitative estimate of drug-likeness (QED) is 0.723. The van der Waals surface area contributed by atoms with E-state index < -0.39 is 10.0 Å². The molecular formula is C19H23N3O5S. The molecule has 0 aliphatic carbocycles. The van der Waals surface area contributed by atoms with E-state index in [0.717, 1.165) is 0 Å². The van der Waals surface area contributed by atoms with Gasteiger partial charge in [0.25, 0.3) is 5.91 Å². The standard InChI is InChI=1S/C19H23N3O5S/c23-18(8-11-20-28(25,26)16-5-2-1-3-6-16)21-15-9-12-22(13-10-15)19(24)17-7-4-14-27-17/h1-7,14-15,20H,8-13H2,(H,21,23). The summed E-state index contributed by atoms with van der Waals surface area (Å²) < 4.78 is 31.8. The number of carbonyl (C=O) groups is 2. The van der Waals surface area contributed by atoms with Gasteiger partial charge in [0.15, 0.2) is 5.76 Å². The molecule has 2 amide bonds. The normalized spacial score (nSPS) is 15.4. The molecule has 1 aliphatic heterocycles. The van der Waals surface area contributed by atoms with Crippen LogP contribution in [0.3, 0.4) is 0 Å². The Morgan fingerprint density at radius 2 is 1.79 bits per heavy atom. The fraction of sp³-hybridized carbons (Fsp3) is 0.368. The first-order valence-electron chi connectivity index (χ1n) is 9.12. The Hall–Kier alpha value is -2.65. The second-order valence-corrected chi connectivity index (χ2v) is 8.34. The zero-order valence-electron chi connectivity index (χ0n) is 15.3. The molecule has 2 N–H and O–H groups in total. The van der Waals surface area contributed by atoms with E-state index in [-0.39, 0.29) is 35.7 Å². The Balaban J connectivity index is 1.38. The zero-order valence-corrected chi connectivity index (χ0v) is 16.2.